The molecule has 2 rings (SSSR count). The van der Waals surface area contributed by atoms with Crippen molar-refractivity contribution in [2.75, 3.05) is 19.8 Å². The van der Waals surface area contributed by atoms with Crippen molar-refractivity contribution in [3.63, 3.8) is 0 Å². The predicted molar refractivity (Wildman–Crippen MR) is 383 cm³/mol. The van der Waals surface area contributed by atoms with Crippen LogP contribution in [0.3, 0.4) is 0 Å². The summed E-state index contributed by atoms with van der Waals surface area (Å²) in [6.45, 7) is 2.83. The Morgan fingerprint density at radius 3 is 1.05 bits per heavy atom. The number of unbranched alkanes of at least 4 members (excludes halogenated alkanes) is 47. The molecule has 2 saturated heterocycles. The normalized spacial score (nSPS) is 22.8. The molecule has 12 unspecified atom stereocenters. The molecule has 2 fully saturated rings. The molecule has 0 aromatic carbocycles. The van der Waals surface area contributed by atoms with Crippen LogP contribution >= 0.6 is 0 Å². The smallest absolute Gasteiger partial charge is 0.220 e. The fourth-order valence-corrected chi connectivity index (χ4v) is 13.0. The van der Waals surface area contributed by atoms with Gasteiger partial charge in [0.05, 0.1) is 32.0 Å². The fraction of sp³-hybridized carbons (Fsp3) is 0.886. The van der Waals surface area contributed by atoms with E-state index >= 15 is 0 Å². The molecule has 14 nitrogen and oxygen atoms in total. The monoisotopic (exact) mass is 1320 g/mol. The highest BCUT2D eigenvalue weighted by atomic mass is 16.7. The standard InChI is InChI=1S/C79H147NO13/c1-3-5-7-9-11-13-15-17-19-21-23-25-27-29-31-32-33-34-35-36-37-39-41-43-45-47-49-51-53-55-57-59-61-63-71(84)80-67(66-90-78-76(89)74(87)77(70(65-82)92-78)93-79-75(88)73(86)72(85)69(64-81)91-79)68(83)62-60-58-56-54-52-50-48-46-44-42-40-38-30-28-26-24-22-20-18-16-14-12-10-8-6-4-2/h21,23,44,46,52,54,60,62,67-70,72-79,81-83,85-89H,3-20,22,24-43,45,47-51,53,55-59,61,63-66H2,1-2H3,(H,80,84)/b23-21-,46-44+,54-52+,62-60+. The molecule has 12 atom stereocenters. The first-order valence-corrected chi connectivity index (χ1v) is 39.4. The molecule has 1 amide bonds. The molecule has 2 heterocycles. The van der Waals surface area contributed by atoms with Gasteiger partial charge in [-0.2, -0.15) is 0 Å². The quantitative estimate of drug-likeness (QED) is 0.0204. The molecular weight excluding hydrogens is 1170 g/mol. The van der Waals surface area contributed by atoms with Gasteiger partial charge >= 0.3 is 0 Å². The summed E-state index contributed by atoms with van der Waals surface area (Å²) in [5.41, 5.74) is 0. The third-order valence-electron chi connectivity index (χ3n) is 19.2. The zero-order valence-corrected chi connectivity index (χ0v) is 59.8. The number of carbonyl (C=O) groups is 1. The number of aliphatic hydroxyl groups excluding tert-OH is 8. The summed E-state index contributed by atoms with van der Waals surface area (Å²) in [5.74, 6) is -0.247. The van der Waals surface area contributed by atoms with Gasteiger partial charge in [0.2, 0.25) is 5.91 Å². The molecule has 0 spiro atoms. The maximum atomic E-state index is 13.4. The summed E-state index contributed by atoms with van der Waals surface area (Å²) >= 11 is 0. The van der Waals surface area contributed by atoms with Crippen LogP contribution in [0.4, 0.5) is 0 Å². The summed E-state index contributed by atoms with van der Waals surface area (Å²) in [6, 6.07) is -0.939. The molecule has 2 aliphatic heterocycles. The molecule has 14 heteroatoms. The lowest BCUT2D eigenvalue weighted by molar-refractivity contribution is -0.359. The summed E-state index contributed by atoms with van der Waals surface area (Å²) in [6.07, 6.45) is 67.7. The van der Waals surface area contributed by atoms with E-state index < -0.39 is 86.8 Å². The summed E-state index contributed by atoms with van der Waals surface area (Å²) < 4.78 is 22.9. The minimum Gasteiger partial charge on any atom is -0.394 e. The molecule has 546 valence electrons. The van der Waals surface area contributed by atoms with Crippen molar-refractivity contribution in [3.05, 3.63) is 48.6 Å². The minimum absolute atomic E-state index is 0.247. The second kappa shape index (κ2) is 63.4. The Labute approximate surface area is 569 Å². The number of allylic oxidation sites excluding steroid dienone is 7. The van der Waals surface area contributed by atoms with Crippen LogP contribution in [0.5, 0.6) is 0 Å². The third-order valence-corrected chi connectivity index (χ3v) is 19.2. The van der Waals surface area contributed by atoms with E-state index in [0.29, 0.717) is 12.8 Å². The van der Waals surface area contributed by atoms with Crippen LogP contribution in [0.25, 0.3) is 0 Å². The first kappa shape index (κ1) is 87.0. The molecule has 0 saturated carbocycles. The number of amides is 1. The Hall–Kier alpha value is -2.05. The number of nitrogens with one attached hydrogen (secondary N) is 1. The van der Waals surface area contributed by atoms with E-state index in [9.17, 15) is 45.6 Å². The van der Waals surface area contributed by atoms with Crippen LogP contribution in [-0.2, 0) is 23.7 Å². The Morgan fingerprint density at radius 1 is 0.376 bits per heavy atom. The van der Waals surface area contributed by atoms with Gasteiger partial charge in [0, 0.05) is 6.42 Å². The number of hydrogen-bond donors (Lipinski definition) is 9. The van der Waals surface area contributed by atoms with E-state index in [0.717, 1.165) is 44.9 Å². The largest absolute Gasteiger partial charge is 0.394 e. The van der Waals surface area contributed by atoms with E-state index in [1.165, 1.54) is 276 Å². The van der Waals surface area contributed by atoms with Crippen LogP contribution in [0.1, 0.15) is 354 Å². The molecule has 2 aliphatic rings. The van der Waals surface area contributed by atoms with Crippen LogP contribution < -0.4 is 5.32 Å². The molecule has 0 radical (unpaired) electrons. The van der Waals surface area contributed by atoms with Crippen molar-refractivity contribution in [1.29, 1.82) is 0 Å². The first-order valence-electron chi connectivity index (χ1n) is 39.4. The van der Waals surface area contributed by atoms with Gasteiger partial charge in [0.1, 0.15) is 48.8 Å². The van der Waals surface area contributed by atoms with Crippen molar-refractivity contribution in [3.8, 4) is 0 Å². The maximum absolute atomic E-state index is 13.4. The highest BCUT2D eigenvalue weighted by Crippen LogP contribution is 2.30. The maximum Gasteiger partial charge on any atom is 0.220 e. The van der Waals surface area contributed by atoms with Crippen molar-refractivity contribution in [2.24, 2.45) is 0 Å². The predicted octanol–water partition coefficient (Wildman–Crippen LogP) is 17.4. The molecule has 0 aromatic rings. The molecule has 0 aromatic heterocycles. The minimum atomic E-state index is -1.79. The zero-order valence-electron chi connectivity index (χ0n) is 59.8. The van der Waals surface area contributed by atoms with Gasteiger partial charge in [-0.05, 0) is 70.6 Å². The number of ether oxygens (including phenoxy) is 4. The lowest BCUT2D eigenvalue weighted by Crippen LogP contribution is -2.65. The summed E-state index contributed by atoms with van der Waals surface area (Å²) in [7, 11) is 0. The Kier molecular flexibility index (Phi) is 59.3. The number of aliphatic hydroxyl groups is 8. The van der Waals surface area contributed by atoms with Gasteiger partial charge in [0.25, 0.3) is 0 Å². The van der Waals surface area contributed by atoms with Crippen LogP contribution in [0.2, 0.25) is 0 Å². The Morgan fingerprint density at radius 2 is 0.688 bits per heavy atom. The van der Waals surface area contributed by atoms with Crippen LogP contribution in [-0.4, -0.2) is 140 Å². The lowest BCUT2D eigenvalue weighted by atomic mass is 9.97. The lowest BCUT2D eigenvalue weighted by Gasteiger charge is -2.46. The van der Waals surface area contributed by atoms with Crippen molar-refractivity contribution >= 4 is 5.91 Å². The van der Waals surface area contributed by atoms with Gasteiger partial charge < -0.3 is 65.1 Å². The average molecular weight is 1320 g/mol. The first-order chi connectivity index (χ1) is 45.6. The van der Waals surface area contributed by atoms with Gasteiger partial charge in [-0.15, -0.1) is 0 Å². The zero-order chi connectivity index (χ0) is 67.3. The van der Waals surface area contributed by atoms with Gasteiger partial charge in [0.15, 0.2) is 12.6 Å². The van der Waals surface area contributed by atoms with E-state index in [1.54, 1.807) is 6.08 Å². The van der Waals surface area contributed by atoms with Gasteiger partial charge in [-0.25, -0.2) is 0 Å². The van der Waals surface area contributed by atoms with E-state index in [-0.39, 0.29) is 18.9 Å². The average Bonchev–Trinajstić information content (AvgIpc) is 0.852. The number of rotatable bonds is 66. The van der Waals surface area contributed by atoms with E-state index in [1.807, 2.05) is 6.08 Å². The van der Waals surface area contributed by atoms with Gasteiger partial charge in [-0.1, -0.05) is 326 Å². The molecule has 0 aliphatic carbocycles. The van der Waals surface area contributed by atoms with E-state index in [2.05, 4.69) is 55.6 Å². The van der Waals surface area contributed by atoms with Crippen molar-refractivity contribution in [1.82, 2.24) is 5.32 Å². The SMILES string of the molecule is CCCCCCCCCC/C=C\CCCCCCCCCCCCCCCCCCCCCCCC(=O)NC(COC1OC(CO)C(OC2OC(CO)C(O)C(O)C2O)C(O)C1O)C(O)/C=C/CC/C=C/CC/C=C/CCCCCCCCCCCCCCCCCC. The Balaban J connectivity index is 1.64. The molecule has 0 bridgehead atoms. The van der Waals surface area contributed by atoms with Crippen molar-refractivity contribution in [2.45, 2.75) is 428 Å². The highest BCUT2D eigenvalue weighted by molar-refractivity contribution is 5.76. The second-order valence-corrected chi connectivity index (χ2v) is 27.8. The van der Waals surface area contributed by atoms with Crippen LogP contribution in [0.15, 0.2) is 48.6 Å². The van der Waals surface area contributed by atoms with Crippen molar-refractivity contribution < 1.29 is 64.6 Å². The Bertz CT molecular complexity index is 1750. The summed E-state index contributed by atoms with van der Waals surface area (Å²) in [4.78, 5) is 13.4. The third kappa shape index (κ3) is 46.8. The number of carbonyl (C=O) groups excluding carboxylic acids is 1. The molecule has 93 heavy (non-hydrogen) atoms. The summed E-state index contributed by atoms with van der Waals surface area (Å²) in [5, 5.41) is 87.6. The molecular formula is C79H147NO13. The fourth-order valence-electron chi connectivity index (χ4n) is 13.0. The van der Waals surface area contributed by atoms with E-state index in [4.69, 9.17) is 18.9 Å². The topological polar surface area (TPSA) is 228 Å². The number of hydrogen-bond acceptors (Lipinski definition) is 13. The highest BCUT2D eigenvalue weighted by Gasteiger charge is 2.51. The van der Waals surface area contributed by atoms with Gasteiger partial charge in [-0.3, -0.25) is 4.79 Å². The molecule has 9 N–H and O–H groups in total. The second-order valence-electron chi connectivity index (χ2n) is 27.8. The van der Waals surface area contributed by atoms with Crippen LogP contribution in [0, 0.1) is 0 Å².